The van der Waals surface area contributed by atoms with Crippen molar-refractivity contribution in [1.82, 2.24) is 13.8 Å². The second-order valence-corrected chi connectivity index (χ2v) is 13.1. The number of hydrogen-bond acceptors (Lipinski definition) is 4. The fourth-order valence-corrected chi connectivity index (χ4v) is 6.86. The number of benzene rings is 3. The summed E-state index contributed by atoms with van der Waals surface area (Å²) in [5.74, 6) is -0.208. The highest BCUT2D eigenvalue weighted by molar-refractivity contribution is 9.10. The minimum Gasteiger partial charge on any atom is -0.382 e. The van der Waals surface area contributed by atoms with Crippen molar-refractivity contribution in [2.24, 2.45) is 0 Å². The Hall–Kier alpha value is -2.98. The van der Waals surface area contributed by atoms with Crippen molar-refractivity contribution in [3.63, 3.8) is 0 Å². The molecule has 1 aromatic heterocycles. The molecule has 0 radical (unpaired) electrons. The second-order valence-electron chi connectivity index (χ2n) is 10.3. The molecule has 0 unspecified atom stereocenters. The summed E-state index contributed by atoms with van der Waals surface area (Å²) in [6.07, 6.45) is 4.27. The van der Waals surface area contributed by atoms with Crippen LogP contribution < -0.4 is 0 Å². The number of carbonyl (C=O) groups excluding carboxylic acids is 1. The maximum absolute atomic E-state index is 14.1. The molecule has 7 nitrogen and oxygen atoms in total. The van der Waals surface area contributed by atoms with Crippen LogP contribution in [-0.4, -0.2) is 60.9 Å². The largest absolute Gasteiger partial charge is 0.382 e. The van der Waals surface area contributed by atoms with E-state index in [1.807, 2.05) is 67.7 Å². The topological polar surface area (TPSA) is 71.9 Å². The van der Waals surface area contributed by atoms with Crippen molar-refractivity contribution < 1.29 is 17.9 Å². The summed E-state index contributed by atoms with van der Waals surface area (Å²) < 4.78 is 38.2. The zero-order chi connectivity index (χ0) is 30.0. The molecular weight excluding hydrogens is 614 g/mol. The molecule has 4 rings (SSSR count). The molecule has 1 amide bonds. The number of aromatic nitrogens is 1. The quantitative estimate of drug-likeness (QED) is 0.126. The van der Waals surface area contributed by atoms with Gasteiger partial charge in [-0.2, -0.15) is 4.31 Å². The summed E-state index contributed by atoms with van der Waals surface area (Å²) in [6, 6.07) is 24.9. The molecule has 1 heterocycles. The van der Waals surface area contributed by atoms with Gasteiger partial charge in [-0.15, -0.1) is 0 Å². The Balaban J connectivity index is 1.58. The standard InChI is InChI=1S/C33H40BrN3O4S/c1-3-5-20-36(25-30-13-9-21-35(30)24-27-16-18-29(34)19-17-27)33(38)26-37(22-10-23-41-4-2)42(39,40)32-15-8-12-28-11-6-7-14-31(28)32/h6-9,11-19,21H,3-5,10,20,22-26H2,1-2H3. The van der Waals surface area contributed by atoms with E-state index in [1.165, 1.54) is 4.31 Å². The van der Waals surface area contributed by atoms with Crippen LogP contribution in [-0.2, 0) is 32.6 Å². The molecule has 0 aliphatic heterocycles. The van der Waals surface area contributed by atoms with E-state index in [0.29, 0.717) is 44.7 Å². The maximum atomic E-state index is 14.1. The molecule has 0 saturated heterocycles. The van der Waals surface area contributed by atoms with Gasteiger partial charge >= 0.3 is 0 Å². The summed E-state index contributed by atoms with van der Waals surface area (Å²) in [7, 11) is -3.96. The normalized spacial score (nSPS) is 11.8. The minimum atomic E-state index is -3.96. The predicted octanol–water partition coefficient (Wildman–Crippen LogP) is 6.70. The lowest BCUT2D eigenvalue weighted by molar-refractivity contribution is -0.132. The third-order valence-electron chi connectivity index (χ3n) is 7.26. The molecule has 0 aliphatic rings. The number of unbranched alkanes of at least 4 members (excludes halogenated alkanes) is 1. The molecule has 0 N–H and O–H groups in total. The van der Waals surface area contributed by atoms with Crippen LogP contribution in [0.5, 0.6) is 0 Å². The highest BCUT2D eigenvalue weighted by atomic mass is 79.9. The third kappa shape index (κ3) is 8.31. The Morgan fingerprint density at radius 1 is 0.905 bits per heavy atom. The fraction of sp³-hybridized carbons (Fsp3) is 0.364. The molecule has 4 aromatic rings. The molecule has 0 atom stereocenters. The highest BCUT2D eigenvalue weighted by Crippen LogP contribution is 2.26. The molecular formula is C33H40BrN3O4S. The van der Waals surface area contributed by atoms with Gasteiger partial charge in [0.15, 0.2) is 0 Å². The van der Waals surface area contributed by atoms with E-state index >= 15 is 0 Å². The van der Waals surface area contributed by atoms with Gasteiger partial charge in [0.25, 0.3) is 0 Å². The van der Waals surface area contributed by atoms with E-state index in [0.717, 1.165) is 34.0 Å². The first kappa shape index (κ1) is 31.9. The van der Waals surface area contributed by atoms with Gasteiger partial charge < -0.3 is 14.2 Å². The molecule has 0 saturated carbocycles. The maximum Gasteiger partial charge on any atom is 0.244 e. The number of sulfonamides is 1. The first-order chi connectivity index (χ1) is 20.3. The van der Waals surface area contributed by atoms with Gasteiger partial charge in [-0.1, -0.05) is 77.8 Å². The summed E-state index contributed by atoms with van der Waals surface area (Å²) in [4.78, 5) is 15.9. The van der Waals surface area contributed by atoms with Gasteiger partial charge in [-0.25, -0.2) is 8.42 Å². The Bertz CT molecular complexity index is 1550. The summed E-state index contributed by atoms with van der Waals surface area (Å²) in [6.45, 7) is 6.59. The van der Waals surface area contributed by atoms with E-state index in [4.69, 9.17) is 4.74 Å². The lowest BCUT2D eigenvalue weighted by atomic mass is 10.1. The lowest BCUT2D eigenvalue weighted by Gasteiger charge is -2.28. The number of carbonyl (C=O) groups is 1. The Labute approximate surface area is 258 Å². The number of rotatable bonds is 16. The van der Waals surface area contributed by atoms with Gasteiger partial charge in [0.2, 0.25) is 15.9 Å². The van der Waals surface area contributed by atoms with E-state index in [-0.39, 0.29) is 23.9 Å². The Morgan fingerprint density at radius 3 is 2.43 bits per heavy atom. The molecule has 3 aromatic carbocycles. The highest BCUT2D eigenvalue weighted by Gasteiger charge is 2.30. The first-order valence-electron chi connectivity index (χ1n) is 14.5. The fourth-order valence-electron chi connectivity index (χ4n) is 4.95. The van der Waals surface area contributed by atoms with Crippen molar-refractivity contribution in [2.75, 3.05) is 32.8 Å². The summed E-state index contributed by atoms with van der Waals surface area (Å²) in [5.41, 5.74) is 2.16. The number of nitrogens with zero attached hydrogens (tertiary/aromatic N) is 3. The molecule has 9 heteroatoms. The zero-order valence-corrected chi connectivity index (χ0v) is 26.8. The SMILES string of the molecule is CCCCN(Cc1cccn1Cc1ccc(Br)cc1)C(=O)CN(CCCOCC)S(=O)(=O)c1cccc2ccccc12. The van der Waals surface area contributed by atoms with Gasteiger partial charge in [0, 0.05) is 54.6 Å². The van der Waals surface area contributed by atoms with Crippen molar-refractivity contribution in [1.29, 1.82) is 0 Å². The van der Waals surface area contributed by atoms with Crippen LogP contribution >= 0.6 is 15.9 Å². The van der Waals surface area contributed by atoms with Crippen LogP contribution in [0.4, 0.5) is 0 Å². The van der Waals surface area contributed by atoms with Crippen LogP contribution in [0.15, 0.2) is 94.4 Å². The molecule has 42 heavy (non-hydrogen) atoms. The summed E-state index contributed by atoms with van der Waals surface area (Å²) >= 11 is 3.49. The van der Waals surface area contributed by atoms with Crippen LogP contribution in [0, 0.1) is 0 Å². The van der Waals surface area contributed by atoms with Crippen molar-refractivity contribution >= 4 is 42.6 Å². The molecule has 0 fully saturated rings. The van der Waals surface area contributed by atoms with E-state index in [9.17, 15) is 13.2 Å². The monoisotopic (exact) mass is 653 g/mol. The molecule has 224 valence electrons. The van der Waals surface area contributed by atoms with Crippen LogP contribution in [0.2, 0.25) is 0 Å². The van der Waals surface area contributed by atoms with Gasteiger partial charge in [0.1, 0.15) is 0 Å². The minimum absolute atomic E-state index is 0.193. The summed E-state index contributed by atoms with van der Waals surface area (Å²) in [5, 5.41) is 1.49. The van der Waals surface area contributed by atoms with Gasteiger partial charge in [0.05, 0.1) is 18.0 Å². The average Bonchev–Trinajstić information content (AvgIpc) is 3.43. The van der Waals surface area contributed by atoms with Gasteiger partial charge in [-0.3, -0.25) is 4.79 Å². The van der Waals surface area contributed by atoms with E-state index in [1.54, 1.807) is 17.0 Å². The Kier molecular flexibility index (Phi) is 11.8. The third-order valence-corrected chi connectivity index (χ3v) is 9.69. The van der Waals surface area contributed by atoms with Crippen molar-refractivity contribution in [2.45, 2.75) is 51.1 Å². The van der Waals surface area contributed by atoms with Gasteiger partial charge in [-0.05, 0) is 61.0 Å². The van der Waals surface area contributed by atoms with E-state index in [2.05, 4.69) is 39.6 Å². The molecule has 0 bridgehead atoms. The smallest absolute Gasteiger partial charge is 0.244 e. The van der Waals surface area contributed by atoms with Crippen LogP contribution in [0.25, 0.3) is 10.8 Å². The number of fused-ring (bicyclic) bond motifs is 1. The lowest BCUT2D eigenvalue weighted by Crippen LogP contribution is -2.43. The molecule has 0 aliphatic carbocycles. The van der Waals surface area contributed by atoms with Crippen LogP contribution in [0.1, 0.15) is 44.4 Å². The number of amides is 1. The van der Waals surface area contributed by atoms with Crippen molar-refractivity contribution in [3.8, 4) is 0 Å². The van der Waals surface area contributed by atoms with Crippen LogP contribution in [0.3, 0.4) is 0 Å². The number of hydrogen-bond donors (Lipinski definition) is 0. The number of halogens is 1. The predicted molar refractivity (Wildman–Crippen MR) is 172 cm³/mol. The molecule has 0 spiro atoms. The van der Waals surface area contributed by atoms with E-state index < -0.39 is 10.0 Å². The zero-order valence-electron chi connectivity index (χ0n) is 24.4. The number of ether oxygens (including phenoxy) is 1. The Morgan fingerprint density at radius 2 is 1.67 bits per heavy atom. The van der Waals surface area contributed by atoms with Crippen molar-refractivity contribution in [3.05, 3.63) is 101 Å². The second kappa shape index (κ2) is 15.5. The first-order valence-corrected chi connectivity index (χ1v) is 16.8. The average molecular weight is 655 g/mol.